The van der Waals surface area contributed by atoms with Crippen LogP contribution in [-0.2, 0) is 18.3 Å². The maximum absolute atomic E-state index is 11.0. The molecule has 27 heavy (non-hydrogen) atoms. The van der Waals surface area contributed by atoms with E-state index >= 15 is 0 Å². The second-order valence-corrected chi connectivity index (χ2v) is 7.36. The van der Waals surface area contributed by atoms with Crippen LogP contribution in [0.1, 0.15) is 44.1 Å². The molecule has 3 aromatic rings. The molecule has 0 fully saturated rings. The van der Waals surface area contributed by atoms with Gasteiger partial charge in [-0.1, -0.05) is 49.6 Å². The van der Waals surface area contributed by atoms with Gasteiger partial charge in [0.05, 0.1) is 0 Å². The number of fused-ring (bicyclic) bond motifs is 1. The summed E-state index contributed by atoms with van der Waals surface area (Å²) in [7, 11) is 2.07. The summed E-state index contributed by atoms with van der Waals surface area (Å²) in [5.74, 6) is -0.0403. The van der Waals surface area contributed by atoms with Crippen LogP contribution < -0.4 is 0 Å². The number of carbonyl (C=O) groups is 1. The highest BCUT2D eigenvalue weighted by Crippen LogP contribution is 2.25. The molecule has 0 aliphatic heterocycles. The number of aryl methyl sites for hydroxylation is 2. The number of benzene rings is 2. The van der Waals surface area contributed by atoms with Gasteiger partial charge in [-0.3, -0.25) is 4.79 Å². The molecule has 2 aromatic carbocycles. The van der Waals surface area contributed by atoms with Crippen molar-refractivity contribution in [3.05, 3.63) is 60.3 Å². The minimum absolute atomic E-state index is 0.0403. The lowest BCUT2D eigenvalue weighted by molar-refractivity contribution is -0.121. The fourth-order valence-electron chi connectivity index (χ4n) is 3.59. The summed E-state index contributed by atoms with van der Waals surface area (Å²) in [6, 6.07) is 17.7. The van der Waals surface area contributed by atoms with Crippen molar-refractivity contribution in [2.45, 2.75) is 44.9 Å². The summed E-state index contributed by atoms with van der Waals surface area (Å²) in [6.45, 7) is -0.310. The van der Waals surface area contributed by atoms with Gasteiger partial charge in [0.2, 0.25) is 0 Å². The number of hydrogen-bond acceptors (Lipinski definition) is 2. The van der Waals surface area contributed by atoms with Crippen LogP contribution >= 0.6 is 0 Å². The lowest BCUT2D eigenvalue weighted by Crippen LogP contribution is -2.02. The predicted octanol–water partition coefficient (Wildman–Crippen LogP) is 5.29. The van der Waals surface area contributed by atoms with Crippen LogP contribution in [0, 0.1) is 0 Å². The number of aliphatic hydroxyl groups is 1. The Labute approximate surface area is 161 Å². The number of aromatic nitrogens is 1. The molecule has 1 N–H and O–H groups in total. The van der Waals surface area contributed by atoms with Crippen molar-refractivity contribution in [3.63, 3.8) is 0 Å². The van der Waals surface area contributed by atoms with Crippen LogP contribution in [0.3, 0.4) is 0 Å². The monoisotopic (exact) mass is 363 g/mol. The number of ketones is 1. The summed E-state index contributed by atoms with van der Waals surface area (Å²) in [5.41, 5.74) is 5.17. The third-order valence-corrected chi connectivity index (χ3v) is 5.27. The zero-order chi connectivity index (χ0) is 19.1. The van der Waals surface area contributed by atoms with Crippen molar-refractivity contribution in [2.24, 2.45) is 7.05 Å². The molecule has 3 rings (SSSR count). The van der Waals surface area contributed by atoms with Crippen molar-refractivity contribution in [3.8, 4) is 11.1 Å². The lowest BCUT2D eigenvalue weighted by atomic mass is 10.00. The molecule has 3 heteroatoms. The van der Waals surface area contributed by atoms with Crippen molar-refractivity contribution in [1.82, 2.24) is 4.57 Å². The molecule has 0 bridgehead atoms. The molecule has 142 valence electrons. The molecule has 0 unspecified atom stereocenters. The highest BCUT2D eigenvalue weighted by atomic mass is 16.3. The first-order chi connectivity index (χ1) is 13.2. The van der Waals surface area contributed by atoms with Crippen molar-refractivity contribution >= 4 is 16.7 Å². The maximum Gasteiger partial charge on any atom is 0.158 e. The predicted molar refractivity (Wildman–Crippen MR) is 112 cm³/mol. The Balaban J connectivity index is 1.45. The van der Waals surface area contributed by atoms with E-state index in [2.05, 4.69) is 66.3 Å². The number of unbranched alkanes of at least 4 members (excludes halogenated alkanes) is 4. The number of nitrogens with zero attached hydrogens (tertiary/aromatic N) is 1. The Morgan fingerprint density at radius 2 is 1.59 bits per heavy atom. The normalized spacial score (nSPS) is 11.2. The second kappa shape index (κ2) is 9.52. The van der Waals surface area contributed by atoms with Gasteiger partial charge in [-0.05, 0) is 54.2 Å². The summed E-state index contributed by atoms with van der Waals surface area (Å²) < 4.78 is 2.15. The van der Waals surface area contributed by atoms with Gasteiger partial charge in [-0.2, -0.15) is 0 Å². The van der Waals surface area contributed by atoms with Gasteiger partial charge in [0.1, 0.15) is 6.61 Å². The van der Waals surface area contributed by atoms with Gasteiger partial charge in [0.15, 0.2) is 5.78 Å². The molecule has 0 saturated carbocycles. The molecule has 1 heterocycles. The Hall–Kier alpha value is -2.39. The van der Waals surface area contributed by atoms with E-state index in [1.165, 1.54) is 40.4 Å². The smallest absolute Gasteiger partial charge is 0.158 e. The first kappa shape index (κ1) is 19.4. The van der Waals surface area contributed by atoms with E-state index in [1.54, 1.807) is 0 Å². The van der Waals surface area contributed by atoms with E-state index in [0.717, 1.165) is 25.7 Å². The summed E-state index contributed by atoms with van der Waals surface area (Å²) >= 11 is 0. The van der Waals surface area contributed by atoms with Crippen LogP contribution in [0.2, 0.25) is 0 Å². The Morgan fingerprint density at radius 3 is 2.37 bits per heavy atom. The Bertz CT molecular complexity index is 877. The average molecular weight is 364 g/mol. The number of Topliss-reactive ketones (excluding diaryl/α,β-unsaturated/α-hetero) is 1. The van der Waals surface area contributed by atoms with Crippen molar-refractivity contribution in [2.75, 3.05) is 6.61 Å². The molecule has 0 atom stereocenters. The van der Waals surface area contributed by atoms with E-state index in [-0.39, 0.29) is 12.4 Å². The van der Waals surface area contributed by atoms with Crippen molar-refractivity contribution < 1.29 is 9.90 Å². The third kappa shape index (κ3) is 5.30. The molecular weight excluding hydrogens is 334 g/mol. The van der Waals surface area contributed by atoms with Crippen LogP contribution in [0.15, 0.2) is 54.7 Å². The summed E-state index contributed by atoms with van der Waals surface area (Å²) in [6.07, 6.45) is 9.24. The Kier molecular flexibility index (Phi) is 6.83. The minimum Gasteiger partial charge on any atom is -0.389 e. The minimum atomic E-state index is -0.310. The first-order valence-corrected chi connectivity index (χ1v) is 9.94. The highest BCUT2D eigenvalue weighted by Gasteiger charge is 2.03. The van der Waals surface area contributed by atoms with E-state index in [1.807, 2.05) is 0 Å². The number of rotatable bonds is 10. The van der Waals surface area contributed by atoms with Gasteiger partial charge in [0.25, 0.3) is 0 Å². The quantitative estimate of drug-likeness (QED) is 0.497. The average Bonchev–Trinajstić information content (AvgIpc) is 3.07. The number of hydrogen-bond donors (Lipinski definition) is 1. The lowest BCUT2D eigenvalue weighted by Gasteiger charge is -2.06. The van der Waals surface area contributed by atoms with E-state index < -0.39 is 0 Å². The molecular formula is C24H29NO2. The zero-order valence-electron chi connectivity index (χ0n) is 16.2. The summed E-state index contributed by atoms with van der Waals surface area (Å²) in [5, 5.41) is 9.97. The van der Waals surface area contributed by atoms with Crippen LogP contribution in [0.4, 0.5) is 0 Å². The first-order valence-electron chi connectivity index (χ1n) is 9.94. The maximum atomic E-state index is 11.0. The van der Waals surface area contributed by atoms with Gasteiger partial charge < -0.3 is 9.67 Å². The zero-order valence-corrected chi connectivity index (χ0v) is 16.2. The van der Waals surface area contributed by atoms with Gasteiger partial charge in [-0.15, -0.1) is 0 Å². The molecule has 0 amide bonds. The molecule has 1 aromatic heterocycles. The van der Waals surface area contributed by atoms with Crippen LogP contribution in [0.5, 0.6) is 0 Å². The third-order valence-electron chi connectivity index (χ3n) is 5.27. The SMILES string of the molecule is Cn1ccc2cc(-c3ccc(CCCCCCCC(=O)CO)cc3)ccc21. The van der Waals surface area contributed by atoms with Gasteiger partial charge in [-0.25, -0.2) is 0 Å². The molecule has 3 nitrogen and oxygen atoms in total. The van der Waals surface area contributed by atoms with Crippen LogP contribution in [0.25, 0.3) is 22.0 Å². The van der Waals surface area contributed by atoms with Crippen LogP contribution in [-0.4, -0.2) is 22.1 Å². The topological polar surface area (TPSA) is 42.2 Å². The molecule has 0 spiro atoms. The summed E-state index contributed by atoms with van der Waals surface area (Å²) in [4.78, 5) is 11.0. The fourth-order valence-corrected chi connectivity index (χ4v) is 3.59. The number of carbonyl (C=O) groups excluding carboxylic acids is 1. The molecule has 0 radical (unpaired) electrons. The highest BCUT2D eigenvalue weighted by molar-refractivity contribution is 5.85. The fraction of sp³-hybridized carbons (Fsp3) is 0.375. The largest absolute Gasteiger partial charge is 0.389 e. The number of aliphatic hydroxyl groups excluding tert-OH is 1. The molecule has 0 aliphatic rings. The standard InChI is InChI=1S/C24H29NO2/c1-25-16-15-22-17-21(13-14-24(22)25)20-11-9-19(10-12-20)7-5-3-2-4-6-8-23(27)18-26/h9-17,26H,2-8,18H2,1H3. The van der Waals surface area contributed by atoms with E-state index in [9.17, 15) is 4.79 Å². The molecule has 0 saturated heterocycles. The Morgan fingerprint density at radius 1 is 0.889 bits per heavy atom. The van der Waals surface area contributed by atoms with E-state index in [4.69, 9.17) is 5.11 Å². The second-order valence-electron chi connectivity index (χ2n) is 7.36. The van der Waals surface area contributed by atoms with E-state index in [0.29, 0.717) is 6.42 Å². The molecule has 0 aliphatic carbocycles. The van der Waals surface area contributed by atoms with Gasteiger partial charge in [0, 0.05) is 30.6 Å². The van der Waals surface area contributed by atoms with Crippen molar-refractivity contribution in [1.29, 1.82) is 0 Å². The van der Waals surface area contributed by atoms with Gasteiger partial charge >= 0.3 is 0 Å².